The normalized spacial score (nSPS) is 19.4. The first-order chi connectivity index (χ1) is 6.68. The second-order valence-electron chi connectivity index (χ2n) is 3.73. The molecule has 0 aromatic rings. The number of amides is 1. The second kappa shape index (κ2) is 4.60. The molecule has 0 bridgehead atoms. The van der Waals surface area contributed by atoms with E-state index in [1.54, 1.807) is 6.08 Å². The van der Waals surface area contributed by atoms with E-state index < -0.39 is 0 Å². The zero-order valence-electron chi connectivity index (χ0n) is 9.31. The van der Waals surface area contributed by atoms with Crippen LogP contribution in [0.25, 0.3) is 0 Å². The monoisotopic (exact) mass is 196 g/mol. The van der Waals surface area contributed by atoms with Crippen LogP contribution in [0.4, 0.5) is 0 Å². The van der Waals surface area contributed by atoms with Crippen LogP contribution in [0.1, 0.15) is 33.6 Å². The first-order valence-corrected chi connectivity index (χ1v) is 5.42. The highest BCUT2D eigenvalue weighted by molar-refractivity contribution is 5.93. The van der Waals surface area contributed by atoms with Gasteiger partial charge in [0, 0.05) is 12.6 Å². The van der Waals surface area contributed by atoms with Gasteiger partial charge in [0.15, 0.2) is 0 Å². The van der Waals surface area contributed by atoms with Crippen LogP contribution in [0.5, 0.6) is 0 Å². The molecular formula is C11H20N2O. The Kier molecular flexibility index (Phi) is 3.69. The molecule has 0 unspecified atom stereocenters. The Morgan fingerprint density at radius 1 is 1.36 bits per heavy atom. The maximum Gasteiger partial charge on any atom is 0.244 e. The molecule has 2 N–H and O–H groups in total. The molecule has 1 aliphatic rings. The van der Waals surface area contributed by atoms with E-state index in [1.165, 1.54) is 5.57 Å². The maximum atomic E-state index is 11.3. The van der Waals surface area contributed by atoms with E-state index in [2.05, 4.69) is 31.4 Å². The van der Waals surface area contributed by atoms with Crippen molar-refractivity contribution in [1.82, 2.24) is 10.6 Å². The number of carbonyl (C=O) groups is 1. The van der Waals surface area contributed by atoms with Crippen molar-refractivity contribution in [2.75, 3.05) is 13.1 Å². The lowest BCUT2D eigenvalue weighted by Gasteiger charge is -2.30. The molecule has 3 heteroatoms. The van der Waals surface area contributed by atoms with Crippen LogP contribution in [0, 0.1) is 0 Å². The molecule has 14 heavy (non-hydrogen) atoms. The zero-order chi connectivity index (χ0) is 10.6. The molecule has 0 saturated carbocycles. The van der Waals surface area contributed by atoms with E-state index in [0.717, 1.165) is 25.9 Å². The fourth-order valence-electron chi connectivity index (χ4n) is 2.01. The van der Waals surface area contributed by atoms with Gasteiger partial charge in [-0.05, 0) is 25.0 Å². The molecule has 0 spiro atoms. The Morgan fingerprint density at radius 3 is 2.50 bits per heavy atom. The van der Waals surface area contributed by atoms with E-state index in [-0.39, 0.29) is 11.4 Å². The van der Waals surface area contributed by atoms with Crippen molar-refractivity contribution in [3.63, 3.8) is 0 Å². The fourth-order valence-corrected chi connectivity index (χ4v) is 2.01. The minimum Gasteiger partial charge on any atom is -0.343 e. The van der Waals surface area contributed by atoms with Gasteiger partial charge in [0.1, 0.15) is 0 Å². The minimum atomic E-state index is -0.0841. The van der Waals surface area contributed by atoms with Crippen LogP contribution in [-0.4, -0.2) is 24.5 Å². The van der Waals surface area contributed by atoms with E-state index in [1.807, 2.05) is 0 Å². The fraction of sp³-hybridized carbons (Fsp3) is 0.727. The Morgan fingerprint density at radius 2 is 2.00 bits per heavy atom. The van der Waals surface area contributed by atoms with Crippen molar-refractivity contribution < 1.29 is 4.79 Å². The highest BCUT2D eigenvalue weighted by atomic mass is 16.1. The number of hydrogen-bond donors (Lipinski definition) is 2. The standard InChI is InChI=1S/C11H20N2O/c1-4-11(5-2)9(8-12-6-3)7-10(14)13-11/h7,12H,4-6,8H2,1-3H3,(H,13,14). The Hall–Kier alpha value is -0.830. The zero-order valence-corrected chi connectivity index (χ0v) is 9.31. The van der Waals surface area contributed by atoms with Crippen molar-refractivity contribution in [3.8, 4) is 0 Å². The molecule has 0 saturated heterocycles. The number of likely N-dealkylation sites (N-methyl/N-ethyl adjacent to an activating group) is 1. The van der Waals surface area contributed by atoms with Gasteiger partial charge in [-0.3, -0.25) is 4.79 Å². The van der Waals surface area contributed by atoms with Gasteiger partial charge in [0.05, 0.1) is 5.54 Å². The molecule has 1 heterocycles. The summed E-state index contributed by atoms with van der Waals surface area (Å²) in [5.41, 5.74) is 1.12. The summed E-state index contributed by atoms with van der Waals surface area (Å²) in [5, 5.41) is 6.33. The lowest BCUT2D eigenvalue weighted by atomic mass is 9.86. The van der Waals surface area contributed by atoms with Crippen LogP contribution < -0.4 is 10.6 Å². The molecule has 1 aliphatic heterocycles. The molecule has 1 rings (SSSR count). The highest BCUT2D eigenvalue weighted by Crippen LogP contribution is 2.28. The lowest BCUT2D eigenvalue weighted by Crippen LogP contribution is -2.45. The van der Waals surface area contributed by atoms with Crippen LogP contribution >= 0.6 is 0 Å². The van der Waals surface area contributed by atoms with Crippen molar-refractivity contribution in [2.24, 2.45) is 0 Å². The quantitative estimate of drug-likeness (QED) is 0.694. The van der Waals surface area contributed by atoms with Crippen LogP contribution in [0.2, 0.25) is 0 Å². The van der Waals surface area contributed by atoms with E-state index in [0.29, 0.717) is 0 Å². The molecule has 80 valence electrons. The second-order valence-corrected chi connectivity index (χ2v) is 3.73. The van der Waals surface area contributed by atoms with Gasteiger partial charge < -0.3 is 10.6 Å². The number of rotatable bonds is 5. The summed E-state index contributed by atoms with van der Waals surface area (Å²) in [7, 11) is 0. The summed E-state index contributed by atoms with van der Waals surface area (Å²) in [6.07, 6.45) is 3.68. The molecule has 1 amide bonds. The molecular weight excluding hydrogens is 176 g/mol. The van der Waals surface area contributed by atoms with Gasteiger partial charge in [-0.1, -0.05) is 20.8 Å². The lowest BCUT2D eigenvalue weighted by molar-refractivity contribution is -0.117. The van der Waals surface area contributed by atoms with Gasteiger partial charge in [-0.2, -0.15) is 0 Å². The predicted octanol–water partition coefficient (Wildman–Crippen LogP) is 1.21. The Labute approximate surface area is 86.0 Å². The van der Waals surface area contributed by atoms with Crippen molar-refractivity contribution in [3.05, 3.63) is 11.6 Å². The van der Waals surface area contributed by atoms with E-state index in [4.69, 9.17) is 0 Å². The van der Waals surface area contributed by atoms with Crippen molar-refractivity contribution in [2.45, 2.75) is 39.2 Å². The van der Waals surface area contributed by atoms with Gasteiger partial charge in [0.2, 0.25) is 5.91 Å². The van der Waals surface area contributed by atoms with E-state index >= 15 is 0 Å². The summed E-state index contributed by atoms with van der Waals surface area (Å²) in [6.45, 7) is 8.07. The maximum absolute atomic E-state index is 11.3. The third kappa shape index (κ3) is 1.98. The van der Waals surface area contributed by atoms with Crippen LogP contribution in [-0.2, 0) is 4.79 Å². The summed E-state index contributed by atoms with van der Waals surface area (Å²) < 4.78 is 0. The molecule has 3 nitrogen and oxygen atoms in total. The summed E-state index contributed by atoms with van der Waals surface area (Å²) in [5.74, 6) is 0.0570. The van der Waals surface area contributed by atoms with Crippen molar-refractivity contribution >= 4 is 5.91 Å². The highest BCUT2D eigenvalue weighted by Gasteiger charge is 2.36. The van der Waals surface area contributed by atoms with Gasteiger partial charge >= 0.3 is 0 Å². The molecule has 0 aromatic heterocycles. The topological polar surface area (TPSA) is 41.1 Å². The van der Waals surface area contributed by atoms with Crippen LogP contribution in [0.15, 0.2) is 11.6 Å². The molecule has 0 fully saturated rings. The van der Waals surface area contributed by atoms with Crippen LogP contribution in [0.3, 0.4) is 0 Å². The van der Waals surface area contributed by atoms with Gasteiger partial charge in [-0.25, -0.2) is 0 Å². The number of carbonyl (C=O) groups excluding carboxylic acids is 1. The smallest absolute Gasteiger partial charge is 0.244 e. The SMILES string of the molecule is CCNCC1=CC(=O)NC1(CC)CC. The first-order valence-electron chi connectivity index (χ1n) is 5.42. The molecule has 0 aromatic carbocycles. The average molecular weight is 196 g/mol. The molecule has 0 aliphatic carbocycles. The summed E-state index contributed by atoms with van der Waals surface area (Å²) in [6, 6.07) is 0. The Bertz CT molecular complexity index is 242. The molecule has 0 atom stereocenters. The predicted molar refractivity (Wildman–Crippen MR) is 58.1 cm³/mol. The largest absolute Gasteiger partial charge is 0.343 e. The average Bonchev–Trinajstić information content (AvgIpc) is 2.52. The minimum absolute atomic E-state index is 0.0570. The third-order valence-electron chi connectivity index (χ3n) is 3.06. The Balaban J connectivity index is 2.76. The first kappa shape index (κ1) is 11.2. The van der Waals surface area contributed by atoms with Gasteiger partial charge in [0.25, 0.3) is 0 Å². The summed E-state index contributed by atoms with van der Waals surface area (Å²) in [4.78, 5) is 11.3. The molecule has 0 radical (unpaired) electrons. The number of hydrogen-bond acceptors (Lipinski definition) is 2. The van der Waals surface area contributed by atoms with E-state index in [9.17, 15) is 4.79 Å². The number of nitrogens with one attached hydrogen (secondary N) is 2. The van der Waals surface area contributed by atoms with Gasteiger partial charge in [-0.15, -0.1) is 0 Å². The third-order valence-corrected chi connectivity index (χ3v) is 3.06. The van der Waals surface area contributed by atoms with Crippen molar-refractivity contribution in [1.29, 1.82) is 0 Å². The summed E-state index contributed by atoms with van der Waals surface area (Å²) >= 11 is 0.